The Morgan fingerprint density at radius 3 is 2.90 bits per heavy atom. The van der Waals surface area contributed by atoms with Crippen LogP contribution in [0.25, 0.3) is 11.2 Å². The molecule has 0 aromatic carbocycles. The Morgan fingerprint density at radius 2 is 2.20 bits per heavy atom. The predicted molar refractivity (Wildman–Crippen MR) is 79.0 cm³/mol. The average Bonchev–Trinajstić information content (AvgIpc) is 2.96. The van der Waals surface area contributed by atoms with Crippen LogP contribution in [0.4, 0.5) is 0 Å². The first kappa shape index (κ1) is 13.1. The smallest absolute Gasteiger partial charge is 0.160 e. The summed E-state index contributed by atoms with van der Waals surface area (Å²) in [6.07, 6.45) is 4.40. The van der Waals surface area contributed by atoms with Gasteiger partial charge in [-0.05, 0) is 24.6 Å². The molecule has 0 aliphatic rings. The van der Waals surface area contributed by atoms with Gasteiger partial charge in [-0.1, -0.05) is 0 Å². The topological polar surface area (TPSA) is 48.5 Å². The number of imidazole rings is 1. The highest BCUT2D eigenvalue weighted by Crippen LogP contribution is 2.17. The van der Waals surface area contributed by atoms with Gasteiger partial charge in [0.2, 0.25) is 0 Å². The first-order valence-corrected chi connectivity index (χ1v) is 7.07. The van der Waals surface area contributed by atoms with Gasteiger partial charge in [0.15, 0.2) is 5.65 Å². The molecule has 6 heteroatoms. The van der Waals surface area contributed by atoms with Crippen LogP contribution >= 0.6 is 11.6 Å². The Morgan fingerprint density at radius 1 is 1.35 bits per heavy atom. The van der Waals surface area contributed by atoms with E-state index in [9.17, 15) is 0 Å². The van der Waals surface area contributed by atoms with Gasteiger partial charge in [-0.25, -0.2) is 9.97 Å². The normalized spacial score (nSPS) is 11.3. The zero-order chi connectivity index (χ0) is 14.1. The summed E-state index contributed by atoms with van der Waals surface area (Å²) in [7, 11) is 1.94. The highest BCUT2D eigenvalue weighted by atomic mass is 35.5. The van der Waals surface area contributed by atoms with Crippen LogP contribution < -0.4 is 0 Å². The molecule has 0 aliphatic heterocycles. The molecule has 3 rings (SSSR count). The van der Waals surface area contributed by atoms with Crippen LogP contribution in [0.5, 0.6) is 0 Å². The zero-order valence-corrected chi connectivity index (χ0v) is 12.3. The van der Waals surface area contributed by atoms with Crippen molar-refractivity contribution in [1.82, 2.24) is 24.3 Å². The molecule has 0 saturated carbocycles. The minimum atomic E-state index is 0.549. The summed E-state index contributed by atoms with van der Waals surface area (Å²) < 4.78 is 3.98. The van der Waals surface area contributed by atoms with Crippen LogP contribution in [0.3, 0.4) is 0 Å². The van der Waals surface area contributed by atoms with Gasteiger partial charge in [0, 0.05) is 31.7 Å². The molecule has 5 nitrogen and oxygen atoms in total. The molecular formula is C14H16ClN5. The highest BCUT2D eigenvalue weighted by molar-refractivity contribution is 6.17. The summed E-state index contributed by atoms with van der Waals surface area (Å²) in [4.78, 5) is 9.18. The van der Waals surface area contributed by atoms with Gasteiger partial charge in [-0.2, -0.15) is 5.10 Å². The molecule has 20 heavy (non-hydrogen) atoms. The molecule has 0 bridgehead atoms. The monoisotopic (exact) mass is 289 g/mol. The number of aromatic nitrogens is 5. The second-order valence-corrected chi connectivity index (χ2v) is 5.23. The molecule has 3 aromatic rings. The van der Waals surface area contributed by atoms with Gasteiger partial charge in [0.1, 0.15) is 11.3 Å². The van der Waals surface area contributed by atoms with E-state index < -0.39 is 0 Å². The molecule has 0 atom stereocenters. The van der Waals surface area contributed by atoms with Crippen molar-refractivity contribution in [2.45, 2.75) is 19.9 Å². The summed E-state index contributed by atoms with van der Waals surface area (Å²) in [6.45, 7) is 2.73. The molecule has 0 N–H and O–H groups in total. The van der Waals surface area contributed by atoms with Crippen molar-refractivity contribution < 1.29 is 0 Å². The Labute approximate surface area is 122 Å². The second kappa shape index (κ2) is 5.25. The molecule has 0 fully saturated rings. The first-order chi connectivity index (χ1) is 9.69. The van der Waals surface area contributed by atoms with Gasteiger partial charge in [-0.15, -0.1) is 11.6 Å². The summed E-state index contributed by atoms with van der Waals surface area (Å²) in [6, 6.07) is 4.06. The van der Waals surface area contributed by atoms with Gasteiger partial charge >= 0.3 is 0 Å². The Balaban J connectivity index is 2.11. The molecule has 0 amide bonds. The van der Waals surface area contributed by atoms with Crippen LogP contribution in [0.15, 0.2) is 24.5 Å². The third-order valence-electron chi connectivity index (χ3n) is 3.36. The minimum Gasteiger partial charge on any atom is -0.307 e. The fourth-order valence-corrected chi connectivity index (χ4v) is 2.49. The van der Waals surface area contributed by atoms with Crippen molar-refractivity contribution in [2.24, 2.45) is 7.05 Å². The third-order valence-corrected chi connectivity index (χ3v) is 3.55. The van der Waals surface area contributed by atoms with Crippen molar-refractivity contribution in [3.05, 3.63) is 41.6 Å². The minimum absolute atomic E-state index is 0.549. The number of halogens is 1. The summed E-state index contributed by atoms with van der Waals surface area (Å²) in [5, 5.41) is 4.20. The number of alkyl halides is 1. The van der Waals surface area contributed by atoms with E-state index in [0.29, 0.717) is 12.4 Å². The van der Waals surface area contributed by atoms with Crippen molar-refractivity contribution in [2.75, 3.05) is 5.88 Å². The lowest BCUT2D eigenvalue weighted by molar-refractivity contribution is 0.654. The molecule has 3 heterocycles. The number of pyridine rings is 1. The van der Waals surface area contributed by atoms with Gasteiger partial charge in [0.25, 0.3) is 0 Å². The maximum atomic E-state index is 5.89. The van der Waals surface area contributed by atoms with Gasteiger partial charge in [0.05, 0.1) is 12.2 Å². The number of nitrogens with zero attached hydrogens (tertiary/aromatic N) is 5. The van der Waals surface area contributed by atoms with Crippen LogP contribution in [-0.2, 0) is 20.0 Å². The standard InChI is InChI=1S/C14H16ClN5/c1-10-7-12-14(16-8-10)20(13(18-12)3-5-15)9-11-4-6-17-19(11)2/h4,6-8H,3,5,9H2,1-2H3. The molecule has 0 aliphatic carbocycles. The Bertz CT molecular complexity index is 743. The van der Waals surface area contributed by atoms with E-state index in [2.05, 4.69) is 25.7 Å². The first-order valence-electron chi connectivity index (χ1n) is 6.53. The maximum absolute atomic E-state index is 5.89. The molecule has 104 valence electrons. The van der Waals surface area contributed by atoms with Crippen molar-refractivity contribution in [1.29, 1.82) is 0 Å². The maximum Gasteiger partial charge on any atom is 0.160 e. The molecular weight excluding hydrogens is 274 g/mol. The van der Waals surface area contributed by atoms with E-state index in [1.807, 2.05) is 30.9 Å². The number of fused-ring (bicyclic) bond motifs is 1. The summed E-state index contributed by atoms with van der Waals surface area (Å²) >= 11 is 5.89. The van der Waals surface area contributed by atoms with Crippen molar-refractivity contribution in [3.8, 4) is 0 Å². The Hall–Kier alpha value is -1.88. The fraction of sp³-hybridized carbons (Fsp3) is 0.357. The quantitative estimate of drug-likeness (QED) is 0.693. The SMILES string of the molecule is Cc1cnc2c(c1)nc(CCCl)n2Cc1ccnn1C. The van der Waals surface area contributed by atoms with Crippen molar-refractivity contribution in [3.63, 3.8) is 0 Å². The molecule has 0 radical (unpaired) electrons. The Kier molecular flexibility index (Phi) is 3.44. The van der Waals surface area contributed by atoms with Crippen LogP contribution in [0.1, 0.15) is 17.1 Å². The number of aryl methyl sites for hydroxylation is 3. The largest absolute Gasteiger partial charge is 0.307 e. The van der Waals surface area contributed by atoms with E-state index in [1.54, 1.807) is 6.20 Å². The summed E-state index contributed by atoms with van der Waals surface area (Å²) in [5.41, 5.74) is 4.05. The van der Waals surface area contributed by atoms with Gasteiger partial charge < -0.3 is 4.57 Å². The average molecular weight is 290 g/mol. The van der Waals surface area contributed by atoms with Crippen LogP contribution in [0.2, 0.25) is 0 Å². The predicted octanol–water partition coefficient (Wildman–Crippen LogP) is 2.30. The molecule has 0 spiro atoms. The van der Waals surface area contributed by atoms with E-state index in [0.717, 1.165) is 34.7 Å². The fourth-order valence-electron chi connectivity index (χ4n) is 2.32. The second-order valence-electron chi connectivity index (χ2n) is 4.85. The lowest BCUT2D eigenvalue weighted by atomic mass is 10.3. The van der Waals surface area contributed by atoms with E-state index in [-0.39, 0.29) is 0 Å². The lowest BCUT2D eigenvalue weighted by Gasteiger charge is -2.08. The zero-order valence-electron chi connectivity index (χ0n) is 11.5. The summed E-state index contributed by atoms with van der Waals surface area (Å²) in [5.74, 6) is 1.52. The van der Waals surface area contributed by atoms with E-state index in [4.69, 9.17) is 11.6 Å². The number of hydrogen-bond acceptors (Lipinski definition) is 3. The highest BCUT2D eigenvalue weighted by Gasteiger charge is 2.13. The van der Waals surface area contributed by atoms with Gasteiger partial charge in [-0.3, -0.25) is 4.68 Å². The lowest BCUT2D eigenvalue weighted by Crippen LogP contribution is -2.10. The number of hydrogen-bond donors (Lipinski definition) is 0. The molecule has 0 saturated heterocycles. The van der Waals surface area contributed by atoms with Crippen molar-refractivity contribution >= 4 is 22.8 Å². The third kappa shape index (κ3) is 2.29. The van der Waals surface area contributed by atoms with Crippen LogP contribution in [0, 0.1) is 6.92 Å². The van der Waals surface area contributed by atoms with Crippen LogP contribution in [-0.4, -0.2) is 30.2 Å². The van der Waals surface area contributed by atoms with E-state index in [1.165, 1.54) is 0 Å². The van der Waals surface area contributed by atoms with E-state index >= 15 is 0 Å². The molecule has 0 unspecified atom stereocenters. The molecule has 3 aromatic heterocycles. The number of rotatable bonds is 4.